The van der Waals surface area contributed by atoms with Crippen LogP contribution in [0.15, 0.2) is 59.2 Å². The average Bonchev–Trinajstić information content (AvgIpc) is 2.82. The van der Waals surface area contributed by atoms with E-state index >= 15 is 0 Å². The van der Waals surface area contributed by atoms with Crippen LogP contribution in [0.5, 0.6) is 11.5 Å². The molecule has 20 heavy (non-hydrogen) atoms. The van der Waals surface area contributed by atoms with E-state index in [1.165, 1.54) is 6.26 Å². The lowest BCUT2D eigenvalue weighted by molar-refractivity contribution is -0.136. The molecule has 0 saturated heterocycles. The number of benzene rings is 2. The quantitative estimate of drug-likeness (QED) is 0.780. The molecule has 3 aromatic rings. The molecular weight excluding hydrogens is 256 g/mol. The first-order valence-corrected chi connectivity index (χ1v) is 6.17. The van der Waals surface area contributed by atoms with Gasteiger partial charge < -0.3 is 14.3 Å². The molecule has 0 aliphatic carbocycles. The number of hydrogen-bond donors (Lipinski definition) is 1. The molecule has 0 spiro atoms. The van der Waals surface area contributed by atoms with E-state index in [2.05, 4.69) is 0 Å². The standard InChI is InChI=1S/C16H12O4/c17-16(18)8-11-10-19-15-9-13(6-7-14(11)15)20-12-4-2-1-3-5-12/h1-7,9-10H,8H2,(H,17,18). The van der Waals surface area contributed by atoms with Crippen molar-refractivity contribution in [3.63, 3.8) is 0 Å². The Morgan fingerprint density at radius 1 is 1.10 bits per heavy atom. The molecule has 0 aliphatic rings. The molecule has 1 N–H and O–H groups in total. The van der Waals surface area contributed by atoms with E-state index in [0.29, 0.717) is 16.9 Å². The van der Waals surface area contributed by atoms with E-state index in [0.717, 1.165) is 11.1 Å². The van der Waals surface area contributed by atoms with Gasteiger partial charge in [0.2, 0.25) is 0 Å². The van der Waals surface area contributed by atoms with Gasteiger partial charge in [0.25, 0.3) is 0 Å². The summed E-state index contributed by atoms with van der Waals surface area (Å²) >= 11 is 0. The molecule has 1 aromatic heterocycles. The summed E-state index contributed by atoms with van der Waals surface area (Å²) in [5.41, 5.74) is 1.29. The summed E-state index contributed by atoms with van der Waals surface area (Å²) in [5, 5.41) is 9.63. The van der Waals surface area contributed by atoms with Gasteiger partial charge in [-0.3, -0.25) is 4.79 Å². The Bertz CT molecular complexity index is 744. The van der Waals surface area contributed by atoms with Crippen LogP contribution in [0.3, 0.4) is 0 Å². The van der Waals surface area contributed by atoms with Gasteiger partial charge in [-0.05, 0) is 24.3 Å². The predicted octanol–water partition coefficient (Wildman–Crippen LogP) is 3.85. The average molecular weight is 268 g/mol. The van der Waals surface area contributed by atoms with Gasteiger partial charge in [0.1, 0.15) is 17.1 Å². The van der Waals surface area contributed by atoms with Crippen LogP contribution in [0.1, 0.15) is 5.56 Å². The van der Waals surface area contributed by atoms with Gasteiger partial charge in [-0.25, -0.2) is 0 Å². The third-order valence-corrected chi connectivity index (χ3v) is 2.95. The molecule has 1 heterocycles. The summed E-state index contributed by atoms with van der Waals surface area (Å²) in [6.45, 7) is 0. The lowest BCUT2D eigenvalue weighted by Crippen LogP contribution is -1.98. The molecule has 0 bridgehead atoms. The summed E-state index contributed by atoms with van der Waals surface area (Å²) in [6, 6.07) is 14.8. The Hall–Kier alpha value is -2.75. The number of rotatable bonds is 4. The lowest BCUT2D eigenvalue weighted by Gasteiger charge is -2.04. The van der Waals surface area contributed by atoms with Crippen LogP contribution >= 0.6 is 0 Å². The van der Waals surface area contributed by atoms with Gasteiger partial charge >= 0.3 is 5.97 Å². The second-order valence-corrected chi connectivity index (χ2v) is 4.40. The monoisotopic (exact) mass is 268 g/mol. The van der Waals surface area contributed by atoms with E-state index in [9.17, 15) is 4.79 Å². The Balaban J connectivity index is 1.90. The van der Waals surface area contributed by atoms with Crippen molar-refractivity contribution in [2.75, 3.05) is 0 Å². The zero-order chi connectivity index (χ0) is 13.9. The van der Waals surface area contributed by atoms with Crippen LogP contribution in [-0.4, -0.2) is 11.1 Å². The second-order valence-electron chi connectivity index (χ2n) is 4.40. The Morgan fingerprint density at radius 3 is 2.65 bits per heavy atom. The summed E-state index contributed by atoms with van der Waals surface area (Å²) in [4.78, 5) is 10.8. The minimum absolute atomic E-state index is 0.0497. The fraction of sp³-hybridized carbons (Fsp3) is 0.0625. The number of carboxylic acid groups (broad SMARTS) is 1. The van der Waals surface area contributed by atoms with Gasteiger partial charge in [0.05, 0.1) is 12.7 Å². The molecule has 0 atom stereocenters. The fourth-order valence-corrected chi connectivity index (χ4v) is 2.05. The topological polar surface area (TPSA) is 59.7 Å². The maximum atomic E-state index is 10.8. The molecule has 0 radical (unpaired) electrons. The Morgan fingerprint density at radius 2 is 1.90 bits per heavy atom. The molecule has 0 aliphatic heterocycles. The van der Waals surface area contributed by atoms with Gasteiger partial charge in [-0.15, -0.1) is 0 Å². The molecule has 100 valence electrons. The third-order valence-electron chi connectivity index (χ3n) is 2.95. The van der Waals surface area contributed by atoms with Crippen molar-refractivity contribution in [2.45, 2.75) is 6.42 Å². The Labute approximate surface area is 115 Å². The number of fused-ring (bicyclic) bond motifs is 1. The highest BCUT2D eigenvalue weighted by atomic mass is 16.5. The number of furan rings is 1. The minimum atomic E-state index is -0.877. The normalized spacial score (nSPS) is 10.6. The number of hydrogen-bond acceptors (Lipinski definition) is 3. The second kappa shape index (κ2) is 5.09. The number of aliphatic carboxylic acids is 1. The molecule has 0 amide bonds. The summed E-state index contributed by atoms with van der Waals surface area (Å²) in [7, 11) is 0. The molecule has 4 heteroatoms. The number of carboxylic acids is 1. The molecule has 4 nitrogen and oxygen atoms in total. The molecular formula is C16H12O4. The highest BCUT2D eigenvalue weighted by Crippen LogP contribution is 2.28. The summed E-state index contributed by atoms with van der Waals surface area (Å²) < 4.78 is 11.1. The number of para-hydroxylation sites is 1. The first-order valence-electron chi connectivity index (χ1n) is 6.17. The van der Waals surface area contributed by atoms with Gasteiger partial charge in [-0.2, -0.15) is 0 Å². The smallest absolute Gasteiger partial charge is 0.307 e. The van der Waals surface area contributed by atoms with E-state index in [1.54, 1.807) is 12.1 Å². The zero-order valence-corrected chi connectivity index (χ0v) is 10.6. The van der Waals surface area contributed by atoms with Gasteiger partial charge in [0, 0.05) is 17.0 Å². The van der Waals surface area contributed by atoms with E-state index in [-0.39, 0.29) is 6.42 Å². The third kappa shape index (κ3) is 2.49. The first kappa shape index (κ1) is 12.3. The van der Waals surface area contributed by atoms with Crippen molar-refractivity contribution >= 4 is 16.9 Å². The van der Waals surface area contributed by atoms with Crippen LogP contribution in [0, 0.1) is 0 Å². The largest absolute Gasteiger partial charge is 0.481 e. The SMILES string of the molecule is O=C(O)Cc1coc2cc(Oc3ccccc3)ccc12. The number of ether oxygens (including phenoxy) is 1. The predicted molar refractivity (Wildman–Crippen MR) is 74.1 cm³/mol. The van der Waals surface area contributed by atoms with Crippen molar-refractivity contribution in [1.29, 1.82) is 0 Å². The van der Waals surface area contributed by atoms with Crippen LogP contribution < -0.4 is 4.74 Å². The fourth-order valence-electron chi connectivity index (χ4n) is 2.05. The highest BCUT2D eigenvalue weighted by Gasteiger charge is 2.10. The van der Waals surface area contributed by atoms with Crippen LogP contribution in [-0.2, 0) is 11.2 Å². The molecule has 0 fully saturated rings. The van der Waals surface area contributed by atoms with Crippen molar-refractivity contribution in [2.24, 2.45) is 0 Å². The molecule has 0 unspecified atom stereocenters. The summed E-state index contributed by atoms with van der Waals surface area (Å²) in [5.74, 6) is 0.515. The molecule has 0 saturated carbocycles. The van der Waals surface area contributed by atoms with Crippen molar-refractivity contribution in [3.05, 3.63) is 60.4 Å². The van der Waals surface area contributed by atoms with Crippen LogP contribution in [0.2, 0.25) is 0 Å². The minimum Gasteiger partial charge on any atom is -0.481 e. The maximum Gasteiger partial charge on any atom is 0.307 e. The van der Waals surface area contributed by atoms with Crippen molar-refractivity contribution in [3.8, 4) is 11.5 Å². The molecule has 2 aromatic carbocycles. The zero-order valence-electron chi connectivity index (χ0n) is 10.6. The first-order chi connectivity index (χ1) is 9.72. The summed E-state index contributed by atoms with van der Waals surface area (Å²) in [6.07, 6.45) is 1.43. The lowest BCUT2D eigenvalue weighted by atomic mass is 10.1. The van der Waals surface area contributed by atoms with Crippen LogP contribution in [0.25, 0.3) is 11.0 Å². The van der Waals surface area contributed by atoms with Crippen LogP contribution in [0.4, 0.5) is 0 Å². The van der Waals surface area contributed by atoms with E-state index < -0.39 is 5.97 Å². The molecule has 3 rings (SSSR count). The highest BCUT2D eigenvalue weighted by molar-refractivity contribution is 5.86. The van der Waals surface area contributed by atoms with Crippen molar-refractivity contribution in [1.82, 2.24) is 0 Å². The van der Waals surface area contributed by atoms with E-state index in [4.69, 9.17) is 14.3 Å². The van der Waals surface area contributed by atoms with E-state index in [1.807, 2.05) is 36.4 Å². The Kier molecular flexibility index (Phi) is 3.13. The van der Waals surface area contributed by atoms with Gasteiger partial charge in [0.15, 0.2) is 0 Å². The number of carbonyl (C=O) groups is 1. The maximum absolute atomic E-state index is 10.8. The van der Waals surface area contributed by atoms with Gasteiger partial charge in [-0.1, -0.05) is 18.2 Å². The van der Waals surface area contributed by atoms with Crippen molar-refractivity contribution < 1.29 is 19.1 Å².